The Labute approximate surface area is 107 Å². The van der Waals surface area contributed by atoms with Gasteiger partial charge in [-0.1, -0.05) is 91.3 Å². The Bertz CT molecular complexity index is 100. The van der Waals surface area contributed by atoms with Gasteiger partial charge in [-0.15, -0.1) is 0 Å². The predicted octanol–water partition coefficient (Wildman–Crippen LogP) is 4.59. The topological polar surface area (TPSA) is 0 Å². The molecule has 0 heterocycles. The zero-order chi connectivity index (χ0) is 8.36. The molecule has 2 unspecified atom stereocenters. The van der Waals surface area contributed by atoms with E-state index in [1.807, 2.05) is 0 Å². The minimum absolute atomic E-state index is 0.112. The van der Waals surface area contributed by atoms with Gasteiger partial charge in [-0.2, -0.15) is 0 Å². The van der Waals surface area contributed by atoms with E-state index in [0.29, 0.717) is 0 Å². The van der Waals surface area contributed by atoms with Gasteiger partial charge in [0.15, 0.2) is 2.69 Å². The van der Waals surface area contributed by atoms with Crippen molar-refractivity contribution in [2.45, 2.75) is 12.3 Å². The summed E-state index contributed by atoms with van der Waals surface area (Å²) >= 11 is 22.6. The van der Waals surface area contributed by atoms with Crippen LogP contribution in [0, 0.1) is 0 Å². The van der Waals surface area contributed by atoms with Gasteiger partial charge in [0.25, 0.3) is 0 Å². The maximum atomic E-state index is 5.89. The molecule has 0 aliphatic rings. The number of hydrogen-bond acceptors (Lipinski definition) is 0. The number of alkyl halides is 6. The van der Waals surface area contributed by atoms with Crippen LogP contribution in [0.25, 0.3) is 0 Å². The molecule has 0 saturated heterocycles. The molecule has 0 saturated carbocycles. The number of halogens is 6. The van der Waals surface area contributed by atoms with Gasteiger partial charge in [0.1, 0.15) is 0 Å². The van der Waals surface area contributed by atoms with Gasteiger partial charge in [-0.05, 0) is 0 Å². The van der Waals surface area contributed by atoms with Crippen LogP contribution in [0.1, 0.15) is 0 Å². The molecule has 0 N–H and O–H groups in total. The molecule has 0 aromatic heterocycles. The standard InChI is InChI=1S/C4H4Br5Cl/c5-1-2(6)3(7)4(8,9)10/h2-3H,1H2. The van der Waals surface area contributed by atoms with Crippen molar-refractivity contribution >= 4 is 91.3 Å². The van der Waals surface area contributed by atoms with Gasteiger partial charge in [0, 0.05) is 10.2 Å². The van der Waals surface area contributed by atoms with Crippen molar-refractivity contribution in [2.75, 3.05) is 5.33 Å². The second kappa shape index (κ2) is 5.43. The molecule has 0 rings (SSSR count). The highest BCUT2D eigenvalue weighted by molar-refractivity contribution is 9.27. The average molecular weight is 487 g/mol. The summed E-state index contributed by atoms with van der Waals surface area (Å²) in [6.45, 7) is 0. The predicted molar refractivity (Wildman–Crippen MR) is 65.7 cm³/mol. The van der Waals surface area contributed by atoms with E-state index in [0.717, 1.165) is 5.33 Å². The highest BCUT2D eigenvalue weighted by Gasteiger charge is 2.33. The van der Waals surface area contributed by atoms with E-state index in [9.17, 15) is 0 Å². The highest BCUT2D eigenvalue weighted by Crippen LogP contribution is 2.42. The van der Waals surface area contributed by atoms with E-state index in [1.165, 1.54) is 0 Å². The van der Waals surface area contributed by atoms with Crippen molar-refractivity contribution in [2.24, 2.45) is 0 Å². The Morgan fingerprint density at radius 2 is 1.70 bits per heavy atom. The van der Waals surface area contributed by atoms with E-state index in [-0.39, 0.29) is 9.65 Å². The lowest BCUT2D eigenvalue weighted by Crippen LogP contribution is -2.28. The molecule has 6 heteroatoms. The van der Waals surface area contributed by atoms with Crippen LogP contribution in [0.15, 0.2) is 0 Å². The molecule has 0 fully saturated rings. The third-order valence-electron chi connectivity index (χ3n) is 0.778. The zero-order valence-electron chi connectivity index (χ0n) is 4.63. The van der Waals surface area contributed by atoms with Gasteiger partial charge < -0.3 is 0 Å². The molecule has 62 valence electrons. The van der Waals surface area contributed by atoms with Gasteiger partial charge in [-0.3, -0.25) is 0 Å². The third kappa shape index (κ3) is 4.65. The van der Waals surface area contributed by atoms with Crippen molar-refractivity contribution in [3.05, 3.63) is 0 Å². The Balaban J connectivity index is 3.94. The second-order valence-electron chi connectivity index (χ2n) is 1.61. The van der Waals surface area contributed by atoms with Gasteiger partial charge >= 0.3 is 0 Å². The Kier molecular flexibility index (Phi) is 6.89. The lowest BCUT2D eigenvalue weighted by atomic mass is 10.4. The summed E-state index contributed by atoms with van der Waals surface area (Å²) in [6.07, 6.45) is 0. The molecular formula is C4H4Br5Cl. The summed E-state index contributed by atoms with van der Waals surface area (Å²) in [5.41, 5.74) is 0. The molecule has 0 radical (unpaired) electrons. The number of hydrogen-bond donors (Lipinski definition) is 0. The van der Waals surface area contributed by atoms with Crippen molar-refractivity contribution in [1.29, 1.82) is 0 Å². The lowest BCUT2D eigenvalue weighted by Gasteiger charge is -2.22. The van der Waals surface area contributed by atoms with Crippen LogP contribution in [-0.4, -0.2) is 17.7 Å². The molecule has 2 atom stereocenters. The fraction of sp³-hybridized carbons (Fsp3) is 1.00. The zero-order valence-corrected chi connectivity index (χ0v) is 13.3. The van der Waals surface area contributed by atoms with Crippen LogP contribution < -0.4 is 0 Å². The van der Waals surface area contributed by atoms with Crippen LogP contribution in [-0.2, 0) is 0 Å². The van der Waals surface area contributed by atoms with E-state index >= 15 is 0 Å². The first-order valence-electron chi connectivity index (χ1n) is 2.30. The summed E-state index contributed by atoms with van der Waals surface area (Å²) in [7, 11) is 0. The normalized spacial score (nSPS) is 18.6. The summed E-state index contributed by atoms with van der Waals surface area (Å²) in [4.78, 5) is 0.393. The Morgan fingerprint density at radius 1 is 1.30 bits per heavy atom. The Hall–Kier alpha value is 2.69. The minimum Gasteiger partial charge on any atom is -0.0927 e. The van der Waals surface area contributed by atoms with E-state index in [2.05, 4.69) is 79.6 Å². The molecule has 10 heavy (non-hydrogen) atoms. The summed E-state index contributed by atoms with van der Waals surface area (Å²) in [5.74, 6) is 0. The van der Waals surface area contributed by atoms with Crippen molar-refractivity contribution in [3.63, 3.8) is 0 Å². The third-order valence-corrected chi connectivity index (χ3v) is 7.94. The molecule has 0 aliphatic heterocycles. The fourth-order valence-corrected chi connectivity index (χ4v) is 3.39. The first kappa shape index (κ1) is 12.7. The summed E-state index contributed by atoms with van der Waals surface area (Å²) in [6, 6.07) is 0. The second-order valence-corrected chi connectivity index (χ2v) is 9.50. The van der Waals surface area contributed by atoms with Gasteiger partial charge in [0.2, 0.25) is 0 Å². The molecule has 0 aromatic carbocycles. The van der Waals surface area contributed by atoms with Crippen LogP contribution >= 0.6 is 91.3 Å². The molecular weight excluding hydrogens is 483 g/mol. The fourth-order valence-electron chi connectivity index (χ4n) is 0.283. The largest absolute Gasteiger partial charge is 0.167 e. The van der Waals surface area contributed by atoms with Crippen molar-refractivity contribution in [1.82, 2.24) is 0 Å². The highest BCUT2D eigenvalue weighted by atomic mass is 79.9. The van der Waals surface area contributed by atoms with Crippen molar-refractivity contribution in [3.8, 4) is 0 Å². The van der Waals surface area contributed by atoms with E-state index in [4.69, 9.17) is 11.6 Å². The lowest BCUT2D eigenvalue weighted by molar-refractivity contribution is 0.936. The minimum atomic E-state index is -0.581. The molecule has 0 aliphatic carbocycles. The smallest absolute Gasteiger partial charge is 0.0927 e. The van der Waals surface area contributed by atoms with Crippen LogP contribution in [0.4, 0.5) is 0 Å². The average Bonchev–Trinajstić information content (AvgIpc) is 1.83. The number of rotatable bonds is 3. The van der Waals surface area contributed by atoms with Crippen LogP contribution in [0.5, 0.6) is 0 Å². The van der Waals surface area contributed by atoms with Gasteiger partial charge in [0.05, 0.1) is 4.83 Å². The van der Waals surface area contributed by atoms with Crippen molar-refractivity contribution < 1.29 is 0 Å². The molecule has 0 amide bonds. The van der Waals surface area contributed by atoms with E-state index < -0.39 is 2.69 Å². The van der Waals surface area contributed by atoms with Crippen LogP contribution in [0.3, 0.4) is 0 Å². The van der Waals surface area contributed by atoms with E-state index in [1.54, 1.807) is 0 Å². The first-order chi connectivity index (χ1) is 4.39. The van der Waals surface area contributed by atoms with Crippen LogP contribution in [0.2, 0.25) is 0 Å². The SMILES string of the molecule is ClC(Br)(Br)C(Br)C(Br)CBr. The monoisotopic (exact) mass is 482 g/mol. The maximum Gasteiger partial charge on any atom is 0.167 e. The first-order valence-corrected chi connectivity index (χ1v) is 7.22. The quantitative estimate of drug-likeness (QED) is 0.512. The molecule has 0 spiro atoms. The molecule has 0 bridgehead atoms. The molecule has 0 nitrogen and oxygen atoms in total. The summed E-state index contributed by atoms with van der Waals surface area (Å²) in [5, 5.41) is 0.842. The summed E-state index contributed by atoms with van der Waals surface area (Å²) < 4.78 is -0.581. The Morgan fingerprint density at radius 3 is 1.80 bits per heavy atom. The maximum absolute atomic E-state index is 5.89. The van der Waals surface area contributed by atoms with Gasteiger partial charge in [-0.25, -0.2) is 0 Å². The molecule has 0 aromatic rings.